The maximum Gasteiger partial charge on any atom is 0.0638 e. The van der Waals surface area contributed by atoms with E-state index in [-0.39, 0.29) is 11.5 Å². The lowest BCUT2D eigenvalue weighted by Gasteiger charge is -2.29. The molecule has 0 amide bonds. The summed E-state index contributed by atoms with van der Waals surface area (Å²) in [5.41, 5.74) is 2.91. The van der Waals surface area contributed by atoms with E-state index in [0.717, 1.165) is 6.61 Å². The Morgan fingerprint density at radius 1 is 1.45 bits per heavy atom. The fraction of sp³-hybridized carbons (Fsp3) is 1.00. The van der Waals surface area contributed by atoms with Crippen molar-refractivity contribution >= 4 is 0 Å². The van der Waals surface area contributed by atoms with Crippen molar-refractivity contribution < 1.29 is 4.74 Å². The van der Waals surface area contributed by atoms with Gasteiger partial charge in [0.2, 0.25) is 0 Å². The molecule has 68 valence electrons. The molecule has 0 aliphatic rings. The van der Waals surface area contributed by atoms with E-state index >= 15 is 0 Å². The lowest BCUT2D eigenvalue weighted by atomic mass is 9.88. The van der Waals surface area contributed by atoms with Gasteiger partial charge in [0.15, 0.2) is 0 Å². The van der Waals surface area contributed by atoms with Crippen LogP contribution in [0, 0.1) is 5.41 Å². The van der Waals surface area contributed by atoms with Crippen LogP contribution in [0.1, 0.15) is 27.7 Å². The zero-order valence-electron chi connectivity index (χ0n) is 7.98. The molecule has 0 saturated heterocycles. The van der Waals surface area contributed by atoms with Crippen LogP contribution in [0.4, 0.5) is 0 Å². The minimum atomic E-state index is 0.157. The summed E-state index contributed by atoms with van der Waals surface area (Å²) >= 11 is 0. The molecular weight excluding hydrogens is 140 g/mol. The topological polar surface area (TPSA) is 47.3 Å². The van der Waals surface area contributed by atoms with E-state index in [0.29, 0.717) is 6.61 Å². The quantitative estimate of drug-likeness (QED) is 0.474. The first kappa shape index (κ1) is 10.9. The summed E-state index contributed by atoms with van der Waals surface area (Å²) in [5, 5.41) is 0. The number of nitrogens with two attached hydrogens (primary N) is 1. The van der Waals surface area contributed by atoms with Crippen LogP contribution >= 0.6 is 0 Å². The predicted molar refractivity (Wildman–Crippen MR) is 47.1 cm³/mol. The molecule has 0 aliphatic carbocycles. The van der Waals surface area contributed by atoms with Crippen molar-refractivity contribution in [1.29, 1.82) is 0 Å². The third-order valence-corrected chi connectivity index (χ3v) is 1.74. The van der Waals surface area contributed by atoms with Crippen molar-refractivity contribution in [2.24, 2.45) is 11.3 Å². The van der Waals surface area contributed by atoms with E-state index in [1.165, 1.54) is 0 Å². The zero-order valence-corrected chi connectivity index (χ0v) is 7.98. The van der Waals surface area contributed by atoms with Gasteiger partial charge < -0.3 is 4.74 Å². The molecule has 1 unspecified atom stereocenters. The summed E-state index contributed by atoms with van der Waals surface area (Å²) in [6.45, 7) is 9.81. The van der Waals surface area contributed by atoms with Crippen molar-refractivity contribution in [2.75, 3.05) is 13.2 Å². The fourth-order valence-electron chi connectivity index (χ4n) is 0.784. The molecule has 3 heteroatoms. The minimum Gasteiger partial charge on any atom is -0.380 e. The van der Waals surface area contributed by atoms with Gasteiger partial charge in [-0.15, -0.1) is 0 Å². The Morgan fingerprint density at radius 2 is 2.00 bits per heavy atom. The minimum absolute atomic E-state index is 0.157. The fourth-order valence-corrected chi connectivity index (χ4v) is 0.784. The van der Waals surface area contributed by atoms with Gasteiger partial charge in [-0.3, -0.25) is 11.3 Å². The number of hydrogen-bond acceptors (Lipinski definition) is 3. The zero-order chi connectivity index (χ0) is 8.91. The summed E-state index contributed by atoms with van der Waals surface area (Å²) in [6, 6.07) is 0.224. The van der Waals surface area contributed by atoms with Crippen molar-refractivity contribution in [1.82, 2.24) is 5.43 Å². The monoisotopic (exact) mass is 160 g/mol. The Morgan fingerprint density at radius 3 is 2.27 bits per heavy atom. The number of ether oxygens (including phenoxy) is 1. The average molecular weight is 160 g/mol. The highest BCUT2D eigenvalue weighted by Crippen LogP contribution is 2.18. The molecule has 0 rings (SSSR count). The first-order chi connectivity index (χ1) is 5.02. The third kappa shape index (κ3) is 4.35. The molecule has 0 aliphatic heterocycles. The van der Waals surface area contributed by atoms with Gasteiger partial charge in [-0.25, -0.2) is 0 Å². The summed E-state index contributed by atoms with van der Waals surface area (Å²) in [6.07, 6.45) is 0. The molecule has 1 atom stereocenters. The standard InChI is InChI=1S/C8H20N2O/c1-5-11-6-7(10-9)8(2,3)4/h7,10H,5-6,9H2,1-4H3. The largest absolute Gasteiger partial charge is 0.380 e. The summed E-state index contributed by atoms with van der Waals surface area (Å²) < 4.78 is 5.27. The van der Waals surface area contributed by atoms with Crippen LogP contribution in [-0.4, -0.2) is 19.3 Å². The van der Waals surface area contributed by atoms with Crippen LogP contribution in [-0.2, 0) is 4.74 Å². The summed E-state index contributed by atoms with van der Waals surface area (Å²) in [5.74, 6) is 5.37. The number of hydrogen-bond donors (Lipinski definition) is 2. The Bertz CT molecular complexity index is 98.8. The molecule has 3 nitrogen and oxygen atoms in total. The van der Waals surface area contributed by atoms with Crippen molar-refractivity contribution in [3.8, 4) is 0 Å². The molecule has 11 heavy (non-hydrogen) atoms. The van der Waals surface area contributed by atoms with Crippen LogP contribution in [0.15, 0.2) is 0 Å². The van der Waals surface area contributed by atoms with E-state index < -0.39 is 0 Å². The highest BCUT2D eigenvalue weighted by molar-refractivity contribution is 4.77. The summed E-state index contributed by atoms with van der Waals surface area (Å²) in [4.78, 5) is 0. The molecule has 0 aromatic rings. The van der Waals surface area contributed by atoms with Gasteiger partial charge in [0.05, 0.1) is 6.61 Å². The number of hydrazine groups is 1. The first-order valence-electron chi connectivity index (χ1n) is 4.06. The van der Waals surface area contributed by atoms with Gasteiger partial charge in [-0.05, 0) is 12.3 Å². The van der Waals surface area contributed by atoms with E-state index in [1.54, 1.807) is 0 Å². The van der Waals surface area contributed by atoms with Gasteiger partial charge >= 0.3 is 0 Å². The van der Waals surface area contributed by atoms with E-state index in [9.17, 15) is 0 Å². The Balaban J connectivity index is 3.76. The van der Waals surface area contributed by atoms with E-state index in [4.69, 9.17) is 10.6 Å². The average Bonchev–Trinajstić information content (AvgIpc) is 1.87. The normalized spacial score (nSPS) is 15.0. The SMILES string of the molecule is CCOCC(NN)C(C)(C)C. The van der Waals surface area contributed by atoms with Gasteiger partial charge in [0.1, 0.15) is 0 Å². The smallest absolute Gasteiger partial charge is 0.0638 e. The Labute approximate surface area is 69.3 Å². The van der Waals surface area contributed by atoms with Gasteiger partial charge in [-0.1, -0.05) is 20.8 Å². The molecular formula is C8H20N2O. The number of rotatable bonds is 4. The predicted octanol–water partition coefficient (Wildman–Crippen LogP) is 0.901. The van der Waals surface area contributed by atoms with Gasteiger partial charge in [0, 0.05) is 12.6 Å². The molecule has 0 saturated carbocycles. The molecule has 0 radical (unpaired) electrons. The highest BCUT2D eigenvalue weighted by atomic mass is 16.5. The lowest BCUT2D eigenvalue weighted by Crippen LogP contribution is -2.47. The second kappa shape index (κ2) is 4.70. The van der Waals surface area contributed by atoms with E-state index in [2.05, 4.69) is 26.2 Å². The third-order valence-electron chi connectivity index (χ3n) is 1.74. The van der Waals surface area contributed by atoms with Crippen LogP contribution < -0.4 is 11.3 Å². The first-order valence-corrected chi connectivity index (χ1v) is 4.06. The van der Waals surface area contributed by atoms with Crippen molar-refractivity contribution in [2.45, 2.75) is 33.7 Å². The van der Waals surface area contributed by atoms with Crippen LogP contribution in [0.5, 0.6) is 0 Å². The second-order valence-electron chi connectivity index (χ2n) is 3.74. The highest BCUT2D eigenvalue weighted by Gasteiger charge is 2.22. The van der Waals surface area contributed by atoms with Gasteiger partial charge in [-0.2, -0.15) is 0 Å². The molecule has 0 fully saturated rings. The van der Waals surface area contributed by atoms with Crippen LogP contribution in [0.25, 0.3) is 0 Å². The molecule has 3 N–H and O–H groups in total. The number of nitrogens with one attached hydrogen (secondary N) is 1. The van der Waals surface area contributed by atoms with E-state index in [1.807, 2.05) is 6.92 Å². The van der Waals surface area contributed by atoms with Crippen molar-refractivity contribution in [3.63, 3.8) is 0 Å². The Hall–Kier alpha value is -0.120. The van der Waals surface area contributed by atoms with Gasteiger partial charge in [0.25, 0.3) is 0 Å². The molecule has 0 spiro atoms. The molecule has 0 aromatic heterocycles. The van der Waals surface area contributed by atoms with Crippen LogP contribution in [0.2, 0.25) is 0 Å². The second-order valence-corrected chi connectivity index (χ2v) is 3.74. The molecule has 0 heterocycles. The Kier molecular flexibility index (Phi) is 4.65. The molecule has 0 aromatic carbocycles. The van der Waals surface area contributed by atoms with Crippen LogP contribution in [0.3, 0.4) is 0 Å². The summed E-state index contributed by atoms with van der Waals surface area (Å²) in [7, 11) is 0. The maximum atomic E-state index is 5.37. The van der Waals surface area contributed by atoms with Crippen molar-refractivity contribution in [3.05, 3.63) is 0 Å². The molecule has 0 bridgehead atoms. The maximum absolute atomic E-state index is 5.37. The lowest BCUT2D eigenvalue weighted by molar-refractivity contribution is 0.0839.